The highest BCUT2D eigenvalue weighted by Gasteiger charge is 2.59. The Balaban J connectivity index is 0.00000240. The molecule has 2 heterocycles. The van der Waals surface area contributed by atoms with E-state index < -0.39 is 0 Å². The normalized spacial score (nSPS) is 29.5. The lowest BCUT2D eigenvalue weighted by molar-refractivity contribution is -0.106. The number of hydrogen-bond acceptors (Lipinski definition) is 3. The third kappa shape index (κ3) is 5.07. The number of nitrogens with one attached hydrogen (secondary N) is 2. The number of benzene rings is 1. The van der Waals surface area contributed by atoms with Crippen molar-refractivity contribution >= 4 is 29.9 Å². The van der Waals surface area contributed by atoms with Crippen LogP contribution in [0.5, 0.6) is 0 Å². The average molecular weight is 512 g/mol. The number of piperidine rings is 1. The van der Waals surface area contributed by atoms with Crippen LogP contribution < -0.4 is 10.6 Å². The maximum atomic E-state index is 5.94. The van der Waals surface area contributed by atoms with Crippen molar-refractivity contribution in [2.24, 2.45) is 16.3 Å². The van der Waals surface area contributed by atoms with Gasteiger partial charge in [0.2, 0.25) is 0 Å². The van der Waals surface area contributed by atoms with E-state index in [0.717, 1.165) is 38.7 Å². The molecule has 1 aromatic rings. The molecule has 1 aromatic carbocycles. The van der Waals surface area contributed by atoms with Crippen LogP contribution in [0.4, 0.5) is 0 Å². The van der Waals surface area contributed by atoms with Crippen LogP contribution in [0.3, 0.4) is 0 Å². The molecule has 0 radical (unpaired) electrons. The Hall–Kier alpha value is -0.860. The van der Waals surface area contributed by atoms with Crippen LogP contribution in [0.25, 0.3) is 0 Å². The fourth-order valence-corrected chi connectivity index (χ4v) is 5.33. The van der Waals surface area contributed by atoms with Crippen molar-refractivity contribution in [1.82, 2.24) is 15.5 Å². The average Bonchev–Trinajstić information content (AvgIpc) is 3.16. The van der Waals surface area contributed by atoms with E-state index >= 15 is 0 Å². The molecule has 5 nitrogen and oxygen atoms in total. The first-order valence-corrected chi connectivity index (χ1v) is 11.0. The van der Waals surface area contributed by atoms with Gasteiger partial charge in [0.25, 0.3) is 0 Å². The summed E-state index contributed by atoms with van der Waals surface area (Å²) < 4.78 is 5.94. The SMILES string of the molecule is CCN=C(NC1CCN(Cc2ccccc2)CC1)NC1C2CCOC2C1(C)C.I. The van der Waals surface area contributed by atoms with E-state index in [9.17, 15) is 0 Å². The second-order valence-corrected chi connectivity index (χ2v) is 9.19. The Kier molecular flexibility index (Phi) is 7.84. The topological polar surface area (TPSA) is 48.9 Å². The minimum Gasteiger partial charge on any atom is -0.377 e. The van der Waals surface area contributed by atoms with E-state index in [4.69, 9.17) is 9.73 Å². The molecular formula is C23H37IN4O. The lowest BCUT2D eigenvalue weighted by Crippen LogP contribution is -2.68. The van der Waals surface area contributed by atoms with Gasteiger partial charge in [0.1, 0.15) is 0 Å². The summed E-state index contributed by atoms with van der Waals surface area (Å²) in [5, 5.41) is 7.49. The van der Waals surface area contributed by atoms with E-state index in [-0.39, 0.29) is 29.4 Å². The lowest BCUT2D eigenvalue weighted by atomic mass is 9.57. The molecule has 2 N–H and O–H groups in total. The van der Waals surface area contributed by atoms with Gasteiger partial charge in [0, 0.05) is 56.2 Å². The van der Waals surface area contributed by atoms with Crippen LogP contribution in [0.15, 0.2) is 35.3 Å². The van der Waals surface area contributed by atoms with Crippen LogP contribution in [0.1, 0.15) is 45.6 Å². The zero-order chi connectivity index (χ0) is 19.6. The standard InChI is InChI=1S/C23H36N4O.HI/c1-4-24-22(26-20-19-12-15-28-21(19)23(20,2)3)25-18-10-13-27(14-11-18)16-17-8-6-5-7-9-17;/h5-9,18-21H,4,10-16H2,1-3H3,(H2,24,25,26);1H. The van der Waals surface area contributed by atoms with Gasteiger partial charge >= 0.3 is 0 Å². The smallest absolute Gasteiger partial charge is 0.191 e. The largest absolute Gasteiger partial charge is 0.377 e. The lowest BCUT2D eigenvalue weighted by Gasteiger charge is -2.55. The molecule has 162 valence electrons. The zero-order valence-corrected chi connectivity index (χ0v) is 20.4. The van der Waals surface area contributed by atoms with Crippen LogP contribution in [-0.2, 0) is 11.3 Å². The number of hydrogen-bond donors (Lipinski definition) is 2. The number of ether oxygens (including phenoxy) is 1. The second-order valence-electron chi connectivity index (χ2n) is 9.19. The number of halogens is 1. The number of guanidine groups is 1. The predicted molar refractivity (Wildman–Crippen MR) is 130 cm³/mol. The minimum absolute atomic E-state index is 0. The summed E-state index contributed by atoms with van der Waals surface area (Å²) >= 11 is 0. The summed E-state index contributed by atoms with van der Waals surface area (Å²) in [7, 11) is 0. The second kappa shape index (κ2) is 9.96. The maximum Gasteiger partial charge on any atom is 0.191 e. The van der Waals surface area contributed by atoms with E-state index in [1.807, 2.05) is 0 Å². The molecule has 6 heteroatoms. The van der Waals surface area contributed by atoms with Crippen LogP contribution in [0.2, 0.25) is 0 Å². The quantitative estimate of drug-likeness (QED) is 0.360. The molecule has 3 aliphatic rings. The Morgan fingerprint density at radius 3 is 2.55 bits per heavy atom. The van der Waals surface area contributed by atoms with Gasteiger partial charge < -0.3 is 15.4 Å². The molecule has 0 aromatic heterocycles. The summed E-state index contributed by atoms with van der Waals surface area (Å²) in [4.78, 5) is 7.31. The van der Waals surface area contributed by atoms with Crippen molar-refractivity contribution in [2.45, 2.75) is 64.8 Å². The van der Waals surface area contributed by atoms with Gasteiger partial charge in [-0.05, 0) is 31.7 Å². The highest BCUT2D eigenvalue weighted by molar-refractivity contribution is 14.0. The number of fused-ring (bicyclic) bond motifs is 1. The number of nitrogens with zero attached hydrogens (tertiary/aromatic N) is 2. The van der Waals surface area contributed by atoms with Gasteiger partial charge in [0.15, 0.2) is 5.96 Å². The summed E-state index contributed by atoms with van der Waals surface area (Å²) in [5.74, 6) is 1.62. The number of aliphatic imine (C=N–C) groups is 1. The van der Waals surface area contributed by atoms with Gasteiger partial charge in [-0.25, -0.2) is 0 Å². The molecular weight excluding hydrogens is 475 g/mol. The van der Waals surface area contributed by atoms with Crippen molar-refractivity contribution in [3.8, 4) is 0 Å². The number of likely N-dealkylation sites (tertiary alicyclic amines) is 1. The predicted octanol–water partition coefficient (Wildman–Crippen LogP) is 3.64. The Labute approximate surface area is 193 Å². The highest BCUT2D eigenvalue weighted by atomic mass is 127. The van der Waals surface area contributed by atoms with Gasteiger partial charge in [0.05, 0.1) is 6.10 Å². The monoisotopic (exact) mass is 512 g/mol. The van der Waals surface area contributed by atoms with E-state index in [1.54, 1.807) is 0 Å². The van der Waals surface area contributed by atoms with Gasteiger partial charge in [-0.15, -0.1) is 24.0 Å². The molecule has 4 rings (SSSR count). The Bertz CT molecular complexity index is 673. The van der Waals surface area contributed by atoms with Crippen LogP contribution in [-0.4, -0.2) is 55.3 Å². The van der Waals surface area contributed by atoms with E-state index in [0.29, 0.717) is 24.1 Å². The van der Waals surface area contributed by atoms with Gasteiger partial charge in [-0.1, -0.05) is 44.2 Å². The van der Waals surface area contributed by atoms with Gasteiger partial charge in [-0.3, -0.25) is 9.89 Å². The molecule has 3 fully saturated rings. The fraction of sp³-hybridized carbons (Fsp3) is 0.696. The minimum atomic E-state index is 0. The van der Waals surface area contributed by atoms with Gasteiger partial charge in [-0.2, -0.15) is 0 Å². The molecule has 0 bridgehead atoms. The molecule has 2 saturated heterocycles. The molecule has 2 aliphatic heterocycles. The van der Waals surface area contributed by atoms with Crippen molar-refractivity contribution < 1.29 is 4.74 Å². The highest BCUT2D eigenvalue weighted by Crippen LogP contribution is 2.52. The van der Waals surface area contributed by atoms with Crippen molar-refractivity contribution in [3.63, 3.8) is 0 Å². The first kappa shape index (κ1) is 22.8. The molecule has 3 unspecified atom stereocenters. The molecule has 0 spiro atoms. The molecule has 3 atom stereocenters. The third-order valence-electron chi connectivity index (χ3n) is 6.89. The molecule has 1 saturated carbocycles. The first-order chi connectivity index (χ1) is 13.6. The molecule has 29 heavy (non-hydrogen) atoms. The molecule has 1 aliphatic carbocycles. The summed E-state index contributed by atoms with van der Waals surface area (Å²) in [6.45, 7) is 11.8. The van der Waals surface area contributed by atoms with E-state index in [2.05, 4.69) is 66.6 Å². The Morgan fingerprint density at radius 2 is 1.86 bits per heavy atom. The van der Waals surface area contributed by atoms with Crippen molar-refractivity contribution in [1.29, 1.82) is 0 Å². The Morgan fingerprint density at radius 1 is 1.14 bits per heavy atom. The van der Waals surface area contributed by atoms with Crippen LogP contribution in [0, 0.1) is 11.3 Å². The maximum absolute atomic E-state index is 5.94. The van der Waals surface area contributed by atoms with Crippen molar-refractivity contribution in [3.05, 3.63) is 35.9 Å². The summed E-state index contributed by atoms with van der Waals surface area (Å²) in [6.07, 6.45) is 3.92. The third-order valence-corrected chi connectivity index (χ3v) is 6.89. The first-order valence-electron chi connectivity index (χ1n) is 11.0. The summed E-state index contributed by atoms with van der Waals surface area (Å²) in [6, 6.07) is 11.8. The fourth-order valence-electron chi connectivity index (χ4n) is 5.33. The zero-order valence-electron chi connectivity index (χ0n) is 18.1. The van der Waals surface area contributed by atoms with E-state index in [1.165, 1.54) is 24.8 Å². The summed E-state index contributed by atoms with van der Waals surface area (Å²) in [5.41, 5.74) is 1.58. The van der Waals surface area contributed by atoms with Crippen molar-refractivity contribution in [2.75, 3.05) is 26.2 Å². The van der Waals surface area contributed by atoms with Crippen LogP contribution >= 0.6 is 24.0 Å². The molecule has 0 amide bonds. The number of rotatable bonds is 5.